The second-order valence-electron chi connectivity index (χ2n) is 8.58. The third-order valence-corrected chi connectivity index (χ3v) is 6.11. The lowest BCUT2D eigenvalue weighted by Crippen LogP contribution is -2.59. The van der Waals surface area contributed by atoms with Crippen molar-refractivity contribution in [2.45, 2.75) is 32.1 Å². The monoisotopic (exact) mass is 481 g/mol. The van der Waals surface area contributed by atoms with E-state index >= 15 is 0 Å². The molecule has 5 rings (SSSR count). The first-order valence-electron chi connectivity index (χ1n) is 11.1. The summed E-state index contributed by atoms with van der Waals surface area (Å²) >= 11 is 0. The minimum Gasteiger partial charge on any atom is -0.352 e. The highest BCUT2D eigenvalue weighted by Crippen LogP contribution is 2.31. The molecule has 1 amide bonds. The molecule has 4 aromatic heterocycles. The molecule has 5 heterocycles. The van der Waals surface area contributed by atoms with E-state index in [0.29, 0.717) is 35.8 Å². The van der Waals surface area contributed by atoms with Gasteiger partial charge in [0.2, 0.25) is 0 Å². The number of amides is 1. The first-order valence-corrected chi connectivity index (χ1v) is 11.1. The largest absolute Gasteiger partial charge is 0.417 e. The molecule has 180 valence electrons. The van der Waals surface area contributed by atoms with Crippen LogP contribution in [0.3, 0.4) is 0 Å². The van der Waals surface area contributed by atoms with Crippen LogP contribution in [0.1, 0.15) is 29.8 Å². The van der Waals surface area contributed by atoms with E-state index in [1.807, 2.05) is 18.7 Å². The number of imidazole rings is 1. The zero-order valence-corrected chi connectivity index (χ0v) is 19.0. The Labute approximate surface area is 199 Å². The van der Waals surface area contributed by atoms with Gasteiger partial charge >= 0.3 is 6.18 Å². The fourth-order valence-corrected chi connectivity index (χ4v) is 4.52. The van der Waals surface area contributed by atoms with E-state index in [0.717, 1.165) is 12.3 Å². The second-order valence-corrected chi connectivity index (χ2v) is 8.58. The van der Waals surface area contributed by atoms with Gasteiger partial charge in [-0.1, -0.05) is 0 Å². The smallest absolute Gasteiger partial charge is 0.352 e. The van der Waals surface area contributed by atoms with Crippen molar-refractivity contribution in [3.8, 4) is 11.5 Å². The molecule has 35 heavy (non-hydrogen) atoms. The number of carbonyl (C=O) groups is 1. The van der Waals surface area contributed by atoms with Crippen molar-refractivity contribution in [3.05, 3.63) is 72.4 Å². The van der Waals surface area contributed by atoms with Crippen LogP contribution in [-0.4, -0.2) is 60.3 Å². The lowest BCUT2D eigenvalue weighted by molar-refractivity contribution is -0.137. The van der Waals surface area contributed by atoms with Crippen molar-refractivity contribution in [2.75, 3.05) is 18.0 Å². The fraction of sp³-hybridized carbons (Fsp3) is 0.292. The molecule has 0 aliphatic carbocycles. The average Bonchev–Trinajstić information content (AvgIpc) is 3.27. The number of piperazine rings is 1. The molecule has 4 aromatic rings. The molecule has 0 aromatic carbocycles. The number of nitrogens with zero attached hydrogens (tertiary/aromatic N) is 7. The van der Waals surface area contributed by atoms with Crippen LogP contribution in [0, 0.1) is 0 Å². The van der Waals surface area contributed by atoms with Crippen LogP contribution in [-0.2, 0) is 6.18 Å². The van der Waals surface area contributed by atoms with Crippen LogP contribution in [0.2, 0.25) is 0 Å². The molecule has 0 saturated carbocycles. The van der Waals surface area contributed by atoms with Crippen molar-refractivity contribution < 1.29 is 18.0 Å². The van der Waals surface area contributed by atoms with Crippen LogP contribution in [0.5, 0.6) is 0 Å². The van der Waals surface area contributed by atoms with Gasteiger partial charge in [-0.2, -0.15) is 13.2 Å². The van der Waals surface area contributed by atoms with E-state index in [1.165, 1.54) is 16.7 Å². The second kappa shape index (κ2) is 8.64. The number of rotatable bonds is 3. The van der Waals surface area contributed by atoms with Crippen molar-refractivity contribution >= 4 is 17.4 Å². The van der Waals surface area contributed by atoms with Crippen LogP contribution in [0.4, 0.5) is 19.0 Å². The molecule has 0 N–H and O–H groups in total. The van der Waals surface area contributed by atoms with Gasteiger partial charge in [0, 0.05) is 55.5 Å². The van der Waals surface area contributed by atoms with Gasteiger partial charge in [-0.05, 0) is 44.2 Å². The number of carbonyl (C=O) groups excluding carboxylic acids is 1. The average molecular weight is 481 g/mol. The number of hydrogen-bond donors (Lipinski definition) is 0. The molecule has 0 spiro atoms. The van der Waals surface area contributed by atoms with Crippen LogP contribution >= 0.6 is 0 Å². The molecule has 0 unspecified atom stereocenters. The van der Waals surface area contributed by atoms with E-state index in [-0.39, 0.29) is 23.8 Å². The molecule has 1 aliphatic rings. The SMILES string of the molecule is C[C@@H]1CN(c2ccnc(-c3cnc4ccc(C(F)(F)F)cn34)n2)C[C@H](C)N1C(=O)c1ccncc1. The van der Waals surface area contributed by atoms with Gasteiger partial charge in [0.25, 0.3) is 5.91 Å². The molecular formula is C24H22F3N7O. The lowest BCUT2D eigenvalue weighted by Gasteiger charge is -2.45. The van der Waals surface area contributed by atoms with Crippen molar-refractivity contribution in [2.24, 2.45) is 0 Å². The molecule has 1 aliphatic heterocycles. The molecule has 2 atom stereocenters. The summed E-state index contributed by atoms with van der Waals surface area (Å²) in [6.45, 7) is 5.05. The minimum absolute atomic E-state index is 0.0541. The number of alkyl halides is 3. The Hall–Kier alpha value is -4.02. The third kappa shape index (κ3) is 4.29. The number of pyridine rings is 2. The summed E-state index contributed by atoms with van der Waals surface area (Å²) in [6, 6.07) is 7.28. The van der Waals surface area contributed by atoms with Gasteiger partial charge in [0.05, 0.1) is 11.8 Å². The Morgan fingerprint density at radius 1 is 0.971 bits per heavy atom. The first-order chi connectivity index (χ1) is 16.7. The molecule has 0 bridgehead atoms. The van der Waals surface area contributed by atoms with Gasteiger partial charge in [-0.25, -0.2) is 15.0 Å². The van der Waals surface area contributed by atoms with Crippen molar-refractivity contribution in [1.29, 1.82) is 0 Å². The van der Waals surface area contributed by atoms with Crippen LogP contribution in [0.15, 0.2) is 61.3 Å². The predicted octanol–water partition coefficient (Wildman–Crippen LogP) is 3.94. The summed E-state index contributed by atoms with van der Waals surface area (Å²) in [4.78, 5) is 34.1. The Bertz CT molecular complexity index is 1360. The van der Waals surface area contributed by atoms with Gasteiger partial charge < -0.3 is 9.80 Å². The zero-order chi connectivity index (χ0) is 24.7. The highest BCUT2D eigenvalue weighted by atomic mass is 19.4. The van der Waals surface area contributed by atoms with Crippen molar-refractivity contribution in [3.63, 3.8) is 0 Å². The molecule has 1 fully saturated rings. The van der Waals surface area contributed by atoms with Crippen LogP contribution < -0.4 is 4.90 Å². The summed E-state index contributed by atoms with van der Waals surface area (Å²) in [7, 11) is 0. The van der Waals surface area contributed by atoms with E-state index in [2.05, 4.69) is 24.8 Å². The summed E-state index contributed by atoms with van der Waals surface area (Å²) in [5.41, 5.74) is 0.536. The summed E-state index contributed by atoms with van der Waals surface area (Å²) in [5.74, 6) is 0.846. The maximum atomic E-state index is 13.2. The quantitative estimate of drug-likeness (QED) is 0.441. The number of halogens is 3. The number of hydrogen-bond acceptors (Lipinski definition) is 6. The highest BCUT2D eigenvalue weighted by Gasteiger charge is 2.34. The van der Waals surface area contributed by atoms with E-state index in [1.54, 1.807) is 36.8 Å². The molecule has 11 heteroatoms. The van der Waals surface area contributed by atoms with Gasteiger partial charge in [-0.15, -0.1) is 0 Å². The van der Waals surface area contributed by atoms with Gasteiger partial charge in [0.1, 0.15) is 17.2 Å². The number of anilines is 1. The Morgan fingerprint density at radius 3 is 2.37 bits per heavy atom. The van der Waals surface area contributed by atoms with Gasteiger partial charge in [0.15, 0.2) is 5.82 Å². The maximum Gasteiger partial charge on any atom is 0.417 e. The van der Waals surface area contributed by atoms with E-state index in [9.17, 15) is 18.0 Å². The van der Waals surface area contributed by atoms with E-state index in [4.69, 9.17) is 0 Å². The Kier molecular flexibility index (Phi) is 5.62. The molecule has 8 nitrogen and oxygen atoms in total. The normalized spacial score (nSPS) is 18.8. The minimum atomic E-state index is -4.47. The predicted molar refractivity (Wildman–Crippen MR) is 123 cm³/mol. The number of aromatic nitrogens is 5. The zero-order valence-electron chi connectivity index (χ0n) is 19.0. The third-order valence-electron chi connectivity index (χ3n) is 6.11. The molecular weight excluding hydrogens is 459 g/mol. The summed E-state index contributed by atoms with van der Waals surface area (Å²) < 4.78 is 41.0. The highest BCUT2D eigenvalue weighted by molar-refractivity contribution is 5.94. The Morgan fingerprint density at radius 2 is 1.69 bits per heavy atom. The Balaban J connectivity index is 1.42. The van der Waals surface area contributed by atoms with Crippen LogP contribution in [0.25, 0.3) is 17.2 Å². The summed E-state index contributed by atoms with van der Waals surface area (Å²) in [5, 5.41) is 0. The van der Waals surface area contributed by atoms with Crippen molar-refractivity contribution in [1.82, 2.24) is 29.2 Å². The first kappa shape index (κ1) is 22.8. The standard InChI is InChI=1S/C24H22F3N7O/c1-15-12-32(13-16(2)34(15)23(35)17-5-8-28-9-6-17)21-7-10-29-22(31-21)19-11-30-20-4-3-18(14-33(19)20)24(25,26)27/h3-11,14-16H,12-13H2,1-2H3/t15-,16+. The molecule has 0 radical (unpaired) electrons. The summed E-state index contributed by atoms with van der Waals surface area (Å²) in [6.07, 6.45) is 2.76. The number of fused-ring (bicyclic) bond motifs is 1. The lowest BCUT2D eigenvalue weighted by atomic mass is 10.1. The molecule has 1 saturated heterocycles. The van der Waals surface area contributed by atoms with E-state index < -0.39 is 11.7 Å². The fourth-order valence-electron chi connectivity index (χ4n) is 4.52. The van der Waals surface area contributed by atoms with Gasteiger partial charge in [-0.3, -0.25) is 14.2 Å². The maximum absolute atomic E-state index is 13.2. The topological polar surface area (TPSA) is 79.5 Å².